The second-order valence-electron chi connectivity index (χ2n) is 10.6. The standard InChI is InChI=1S/C26H45N5O7/c1-8-9-10-18-12-20(32)27-13-21(33)31-22(15(4)5)25(36)30-19(11-14(2)3)24(35)28-16(6)23(34)29-17(7)26(37)38-18/h14-19,22H,8-13H2,1-7H3,(H,27,32)(H,28,35)(H,29,34)(H,30,36)(H,31,33)/t16-,17-,18+,19+,22-/m0/s1. The van der Waals surface area contributed by atoms with E-state index in [1.165, 1.54) is 13.8 Å². The maximum absolute atomic E-state index is 13.1. The third-order valence-electron chi connectivity index (χ3n) is 6.09. The van der Waals surface area contributed by atoms with Gasteiger partial charge in [-0.2, -0.15) is 0 Å². The summed E-state index contributed by atoms with van der Waals surface area (Å²) >= 11 is 0. The fourth-order valence-electron chi connectivity index (χ4n) is 3.86. The fourth-order valence-corrected chi connectivity index (χ4v) is 3.86. The molecule has 0 aromatic rings. The van der Waals surface area contributed by atoms with Crippen LogP contribution in [0.2, 0.25) is 0 Å². The average molecular weight is 540 g/mol. The van der Waals surface area contributed by atoms with Crippen LogP contribution in [-0.2, 0) is 33.5 Å². The van der Waals surface area contributed by atoms with Crippen LogP contribution in [-0.4, -0.2) is 72.3 Å². The number of esters is 1. The van der Waals surface area contributed by atoms with Gasteiger partial charge in [-0.15, -0.1) is 0 Å². The lowest BCUT2D eigenvalue weighted by atomic mass is 9.99. The van der Waals surface area contributed by atoms with E-state index in [-0.39, 0.29) is 24.8 Å². The summed E-state index contributed by atoms with van der Waals surface area (Å²) in [5.41, 5.74) is 0. The Morgan fingerprint density at radius 1 is 0.816 bits per heavy atom. The molecule has 5 atom stereocenters. The Balaban J connectivity index is 3.24. The number of hydrogen-bond donors (Lipinski definition) is 5. The molecular formula is C26H45N5O7. The molecule has 0 unspecified atom stereocenters. The zero-order valence-electron chi connectivity index (χ0n) is 23.6. The van der Waals surface area contributed by atoms with Gasteiger partial charge in [0.2, 0.25) is 29.5 Å². The second-order valence-corrected chi connectivity index (χ2v) is 10.6. The van der Waals surface area contributed by atoms with Gasteiger partial charge < -0.3 is 31.3 Å². The Kier molecular flexibility index (Phi) is 13.8. The highest BCUT2D eigenvalue weighted by Crippen LogP contribution is 2.12. The lowest BCUT2D eigenvalue weighted by Gasteiger charge is -2.27. The molecule has 0 bridgehead atoms. The molecule has 12 nitrogen and oxygen atoms in total. The maximum Gasteiger partial charge on any atom is 0.328 e. The molecule has 1 saturated heterocycles. The first-order valence-electron chi connectivity index (χ1n) is 13.4. The number of cyclic esters (lactones) is 1. The van der Waals surface area contributed by atoms with Crippen molar-refractivity contribution < 1.29 is 33.5 Å². The number of ether oxygens (including phenoxy) is 1. The smallest absolute Gasteiger partial charge is 0.328 e. The SMILES string of the molecule is CCCC[C@@H]1CC(=O)NCC(=O)N[C@@H](C(C)C)C(=O)N[C@H](CC(C)C)C(=O)N[C@@H](C)C(=O)N[C@@H](C)C(=O)O1. The van der Waals surface area contributed by atoms with Crippen molar-refractivity contribution in [2.24, 2.45) is 11.8 Å². The molecule has 5 amide bonds. The first-order chi connectivity index (χ1) is 17.7. The third kappa shape index (κ3) is 11.5. The van der Waals surface area contributed by atoms with E-state index >= 15 is 0 Å². The van der Waals surface area contributed by atoms with E-state index in [0.29, 0.717) is 19.3 Å². The Hall–Kier alpha value is -3.18. The predicted molar refractivity (Wildman–Crippen MR) is 140 cm³/mol. The summed E-state index contributed by atoms with van der Waals surface area (Å²) in [4.78, 5) is 76.5. The number of carbonyl (C=O) groups is 6. The molecule has 0 aromatic carbocycles. The highest BCUT2D eigenvalue weighted by molar-refractivity contribution is 5.95. The second kappa shape index (κ2) is 15.9. The number of nitrogens with one attached hydrogen (secondary N) is 5. The molecule has 38 heavy (non-hydrogen) atoms. The first-order valence-corrected chi connectivity index (χ1v) is 13.4. The molecule has 5 N–H and O–H groups in total. The van der Waals surface area contributed by atoms with E-state index in [1.54, 1.807) is 13.8 Å². The maximum atomic E-state index is 13.1. The summed E-state index contributed by atoms with van der Waals surface area (Å²) < 4.78 is 5.50. The van der Waals surface area contributed by atoms with E-state index in [2.05, 4.69) is 26.6 Å². The van der Waals surface area contributed by atoms with Gasteiger partial charge in [0.1, 0.15) is 30.3 Å². The van der Waals surface area contributed by atoms with Gasteiger partial charge in [0.15, 0.2) is 0 Å². The minimum absolute atomic E-state index is 0.0366. The van der Waals surface area contributed by atoms with Crippen molar-refractivity contribution in [3.05, 3.63) is 0 Å². The zero-order valence-corrected chi connectivity index (χ0v) is 23.6. The van der Waals surface area contributed by atoms with Crippen molar-refractivity contribution in [3.8, 4) is 0 Å². The first kappa shape index (κ1) is 32.8. The molecule has 1 heterocycles. The number of hydrogen-bond acceptors (Lipinski definition) is 7. The predicted octanol–water partition coefficient (Wildman–Crippen LogP) is 0.289. The Morgan fingerprint density at radius 2 is 1.45 bits per heavy atom. The largest absolute Gasteiger partial charge is 0.460 e. The van der Waals surface area contributed by atoms with Crippen LogP contribution < -0.4 is 26.6 Å². The molecule has 0 radical (unpaired) electrons. The molecule has 1 aliphatic heterocycles. The van der Waals surface area contributed by atoms with Crippen LogP contribution in [0, 0.1) is 11.8 Å². The van der Waals surface area contributed by atoms with Crippen LogP contribution in [0.25, 0.3) is 0 Å². The van der Waals surface area contributed by atoms with Crippen LogP contribution in [0.15, 0.2) is 0 Å². The number of carbonyl (C=O) groups excluding carboxylic acids is 6. The van der Waals surface area contributed by atoms with Gasteiger partial charge in [-0.25, -0.2) is 4.79 Å². The molecule has 1 fully saturated rings. The summed E-state index contributed by atoms with van der Waals surface area (Å²) in [7, 11) is 0. The van der Waals surface area contributed by atoms with Crippen molar-refractivity contribution in [2.75, 3.05) is 6.54 Å². The van der Waals surface area contributed by atoms with E-state index < -0.39 is 65.8 Å². The molecule has 12 heteroatoms. The molecule has 0 aromatic heterocycles. The van der Waals surface area contributed by atoms with Crippen LogP contribution in [0.3, 0.4) is 0 Å². The van der Waals surface area contributed by atoms with Gasteiger partial charge >= 0.3 is 5.97 Å². The van der Waals surface area contributed by atoms with Crippen LogP contribution in [0.1, 0.15) is 80.6 Å². The molecule has 1 rings (SSSR count). The average Bonchev–Trinajstić information content (AvgIpc) is 2.82. The zero-order chi connectivity index (χ0) is 29.0. The van der Waals surface area contributed by atoms with Crippen LogP contribution >= 0.6 is 0 Å². The van der Waals surface area contributed by atoms with Crippen molar-refractivity contribution in [1.82, 2.24) is 26.6 Å². The molecule has 216 valence electrons. The highest BCUT2D eigenvalue weighted by atomic mass is 16.5. The van der Waals surface area contributed by atoms with Gasteiger partial charge in [0.25, 0.3) is 0 Å². The lowest BCUT2D eigenvalue weighted by Crippen LogP contribution is -2.58. The normalized spacial score (nSPS) is 27.2. The summed E-state index contributed by atoms with van der Waals surface area (Å²) in [6, 6.07) is -3.95. The minimum Gasteiger partial charge on any atom is -0.460 e. The number of unbranched alkanes of at least 4 members (excludes halogenated alkanes) is 1. The molecule has 0 saturated carbocycles. The molecule has 1 aliphatic rings. The van der Waals surface area contributed by atoms with E-state index in [9.17, 15) is 28.8 Å². The lowest BCUT2D eigenvalue weighted by molar-refractivity contribution is -0.154. The van der Waals surface area contributed by atoms with Crippen molar-refractivity contribution in [3.63, 3.8) is 0 Å². The Labute approximate surface area is 225 Å². The van der Waals surface area contributed by atoms with Gasteiger partial charge in [-0.05, 0) is 38.5 Å². The molecule has 0 spiro atoms. The number of amides is 5. The van der Waals surface area contributed by atoms with Crippen molar-refractivity contribution in [1.29, 1.82) is 0 Å². The van der Waals surface area contributed by atoms with Crippen molar-refractivity contribution >= 4 is 35.5 Å². The van der Waals surface area contributed by atoms with E-state index in [0.717, 1.165) is 6.42 Å². The quantitative estimate of drug-likeness (QED) is 0.302. The van der Waals surface area contributed by atoms with Gasteiger partial charge in [0.05, 0.1) is 13.0 Å². The summed E-state index contributed by atoms with van der Waals surface area (Å²) in [5.74, 6) is -3.78. The van der Waals surface area contributed by atoms with E-state index in [1.807, 2.05) is 20.8 Å². The summed E-state index contributed by atoms with van der Waals surface area (Å²) in [6.45, 7) is 11.8. The van der Waals surface area contributed by atoms with Crippen LogP contribution in [0.4, 0.5) is 0 Å². The summed E-state index contributed by atoms with van der Waals surface area (Å²) in [5, 5.41) is 12.9. The molecular weight excluding hydrogens is 494 g/mol. The Bertz CT molecular complexity index is 861. The van der Waals surface area contributed by atoms with Crippen molar-refractivity contribution in [2.45, 2.75) is 111 Å². The Morgan fingerprint density at radius 3 is 2.03 bits per heavy atom. The van der Waals surface area contributed by atoms with Gasteiger partial charge in [-0.3, -0.25) is 24.0 Å². The fraction of sp³-hybridized carbons (Fsp3) is 0.769. The summed E-state index contributed by atoms with van der Waals surface area (Å²) in [6.07, 6.45) is 1.35. The molecule has 0 aliphatic carbocycles. The van der Waals surface area contributed by atoms with E-state index in [4.69, 9.17) is 4.74 Å². The topological polar surface area (TPSA) is 172 Å². The third-order valence-corrected chi connectivity index (χ3v) is 6.09. The monoisotopic (exact) mass is 539 g/mol. The van der Waals surface area contributed by atoms with Gasteiger partial charge in [-0.1, -0.05) is 47.5 Å². The van der Waals surface area contributed by atoms with Crippen LogP contribution in [0.5, 0.6) is 0 Å². The number of rotatable bonds is 6. The highest BCUT2D eigenvalue weighted by Gasteiger charge is 2.31. The minimum atomic E-state index is -1.03. The van der Waals surface area contributed by atoms with Gasteiger partial charge in [0, 0.05) is 0 Å².